The quantitative estimate of drug-likeness (QED) is 0.700. The monoisotopic (exact) mass is 429 g/mol. The highest BCUT2D eigenvalue weighted by molar-refractivity contribution is 6.16. The lowest BCUT2D eigenvalue weighted by atomic mass is 9.97. The Balaban J connectivity index is 1.32. The van der Waals surface area contributed by atoms with Gasteiger partial charge in [-0.15, -0.1) is 0 Å². The van der Waals surface area contributed by atoms with Crippen molar-refractivity contribution in [2.24, 2.45) is 0 Å². The Labute approximate surface area is 187 Å². The van der Waals surface area contributed by atoms with E-state index in [4.69, 9.17) is 0 Å². The van der Waals surface area contributed by atoms with Crippen LogP contribution in [-0.2, 0) is 4.79 Å². The van der Waals surface area contributed by atoms with Crippen molar-refractivity contribution >= 4 is 23.4 Å². The molecular weight excluding hydrogens is 402 g/mol. The van der Waals surface area contributed by atoms with Crippen LogP contribution in [0, 0.1) is 0 Å². The number of para-hydroxylation sites is 1. The largest absolute Gasteiger partial charge is 0.356 e. The van der Waals surface area contributed by atoms with Crippen molar-refractivity contribution in [3.63, 3.8) is 0 Å². The molecule has 2 heterocycles. The summed E-state index contributed by atoms with van der Waals surface area (Å²) in [4.78, 5) is 42.4. The van der Waals surface area contributed by atoms with Crippen LogP contribution in [0.1, 0.15) is 71.0 Å². The van der Waals surface area contributed by atoms with Crippen molar-refractivity contribution < 1.29 is 14.4 Å². The van der Waals surface area contributed by atoms with Crippen LogP contribution < -0.4 is 10.2 Å². The van der Waals surface area contributed by atoms with Crippen molar-refractivity contribution in [2.75, 3.05) is 18.0 Å². The summed E-state index contributed by atoms with van der Waals surface area (Å²) in [5.41, 5.74) is 3.97. The highest BCUT2D eigenvalue weighted by Gasteiger charge is 2.47. The van der Waals surface area contributed by atoms with Crippen LogP contribution in [0.4, 0.5) is 5.69 Å². The van der Waals surface area contributed by atoms with Crippen LogP contribution in [0.2, 0.25) is 0 Å². The average molecular weight is 430 g/mol. The topological polar surface area (TPSA) is 69.7 Å². The van der Waals surface area contributed by atoms with E-state index in [9.17, 15) is 14.4 Å². The molecule has 0 aromatic heterocycles. The Morgan fingerprint density at radius 1 is 0.969 bits per heavy atom. The summed E-state index contributed by atoms with van der Waals surface area (Å²) in [7, 11) is 0. The molecular formula is C26H27N3O3. The second-order valence-electron chi connectivity index (χ2n) is 8.61. The Morgan fingerprint density at radius 2 is 1.75 bits per heavy atom. The molecule has 0 saturated heterocycles. The molecule has 5 rings (SSSR count). The fourth-order valence-corrected chi connectivity index (χ4v) is 5.00. The number of nitrogens with zero attached hydrogens (tertiary/aromatic N) is 2. The van der Waals surface area contributed by atoms with Crippen molar-refractivity contribution in [2.45, 2.75) is 44.7 Å². The van der Waals surface area contributed by atoms with Crippen LogP contribution in [0.5, 0.6) is 0 Å². The second-order valence-corrected chi connectivity index (χ2v) is 8.61. The molecule has 0 saturated carbocycles. The van der Waals surface area contributed by atoms with Crippen LogP contribution in [0.15, 0.2) is 60.2 Å². The first kappa shape index (κ1) is 20.5. The van der Waals surface area contributed by atoms with Gasteiger partial charge in [-0.1, -0.05) is 42.0 Å². The summed E-state index contributed by atoms with van der Waals surface area (Å²) >= 11 is 0. The standard InChI is InChI=1S/C26H27N3O3/c30-23(27-16-14-18-8-2-1-3-9-18)15-17-28-24-19-10-4-5-11-20(19)26(32)29(24)22-13-7-6-12-21(22)25(28)31/h4-8,10-13,24H,1-3,9,14-17H2,(H,27,30)/t24-/m1/s1. The van der Waals surface area contributed by atoms with Gasteiger partial charge in [-0.2, -0.15) is 0 Å². The van der Waals surface area contributed by atoms with Gasteiger partial charge in [0.1, 0.15) is 6.17 Å². The number of carbonyl (C=O) groups excluding carboxylic acids is 3. The molecule has 2 aliphatic heterocycles. The third kappa shape index (κ3) is 3.60. The second kappa shape index (κ2) is 8.61. The number of carbonyl (C=O) groups is 3. The van der Waals surface area contributed by atoms with E-state index in [1.54, 1.807) is 28.0 Å². The molecule has 0 fully saturated rings. The van der Waals surface area contributed by atoms with Gasteiger partial charge in [0.05, 0.1) is 11.3 Å². The summed E-state index contributed by atoms with van der Waals surface area (Å²) < 4.78 is 0. The summed E-state index contributed by atoms with van der Waals surface area (Å²) in [6, 6.07) is 14.6. The molecule has 164 valence electrons. The van der Waals surface area contributed by atoms with Gasteiger partial charge in [0.15, 0.2) is 0 Å². The third-order valence-electron chi connectivity index (χ3n) is 6.62. The number of anilines is 1. The van der Waals surface area contributed by atoms with Gasteiger partial charge in [0.25, 0.3) is 11.8 Å². The first-order valence-electron chi connectivity index (χ1n) is 11.4. The predicted molar refractivity (Wildman–Crippen MR) is 122 cm³/mol. The number of hydrogen-bond acceptors (Lipinski definition) is 3. The van der Waals surface area contributed by atoms with E-state index in [1.807, 2.05) is 30.3 Å². The molecule has 6 heteroatoms. The number of nitrogens with one attached hydrogen (secondary N) is 1. The van der Waals surface area contributed by atoms with Crippen LogP contribution in [-0.4, -0.2) is 35.7 Å². The number of benzene rings is 2. The lowest BCUT2D eigenvalue weighted by molar-refractivity contribution is -0.121. The van der Waals surface area contributed by atoms with Crippen molar-refractivity contribution in [1.82, 2.24) is 10.2 Å². The van der Waals surface area contributed by atoms with E-state index < -0.39 is 6.17 Å². The summed E-state index contributed by atoms with van der Waals surface area (Å²) in [5, 5.41) is 2.99. The highest BCUT2D eigenvalue weighted by atomic mass is 16.2. The molecule has 1 N–H and O–H groups in total. The average Bonchev–Trinajstić information content (AvgIpc) is 3.12. The van der Waals surface area contributed by atoms with Gasteiger partial charge in [-0.25, -0.2) is 0 Å². The van der Waals surface area contributed by atoms with Gasteiger partial charge in [0, 0.05) is 30.6 Å². The molecule has 2 aromatic rings. The molecule has 2 aromatic carbocycles. The fourth-order valence-electron chi connectivity index (χ4n) is 5.00. The molecule has 0 spiro atoms. The number of amides is 3. The summed E-state index contributed by atoms with van der Waals surface area (Å²) in [5.74, 6) is -0.329. The van der Waals surface area contributed by atoms with Crippen LogP contribution >= 0.6 is 0 Å². The van der Waals surface area contributed by atoms with Gasteiger partial charge >= 0.3 is 0 Å². The maximum Gasteiger partial charge on any atom is 0.260 e. The van der Waals surface area contributed by atoms with E-state index in [0.717, 1.165) is 24.8 Å². The zero-order valence-corrected chi connectivity index (χ0v) is 18.0. The SMILES string of the molecule is O=C(CCN1C(=O)c2ccccc2N2C(=O)c3ccccc3[C@H]12)NCCC1=CCCCC1. The van der Waals surface area contributed by atoms with Crippen molar-refractivity contribution in [1.29, 1.82) is 0 Å². The van der Waals surface area contributed by atoms with Crippen molar-refractivity contribution in [3.05, 3.63) is 76.9 Å². The minimum absolute atomic E-state index is 0.0720. The zero-order chi connectivity index (χ0) is 22.1. The lowest BCUT2D eigenvalue weighted by Gasteiger charge is -2.40. The van der Waals surface area contributed by atoms with E-state index >= 15 is 0 Å². The van der Waals surface area contributed by atoms with Gasteiger partial charge in [0.2, 0.25) is 5.91 Å². The van der Waals surface area contributed by atoms with Gasteiger partial charge in [-0.05, 0) is 50.3 Å². The molecule has 0 unspecified atom stereocenters. The first-order valence-corrected chi connectivity index (χ1v) is 11.4. The molecule has 3 aliphatic rings. The smallest absolute Gasteiger partial charge is 0.260 e. The fraction of sp³-hybridized carbons (Fsp3) is 0.346. The number of allylic oxidation sites excluding steroid dienone is 1. The molecule has 0 radical (unpaired) electrons. The zero-order valence-electron chi connectivity index (χ0n) is 18.0. The van der Waals surface area contributed by atoms with E-state index in [1.165, 1.54) is 18.4 Å². The Morgan fingerprint density at radius 3 is 2.56 bits per heavy atom. The third-order valence-corrected chi connectivity index (χ3v) is 6.62. The maximum absolute atomic E-state index is 13.4. The lowest BCUT2D eigenvalue weighted by Crippen LogP contribution is -2.49. The summed E-state index contributed by atoms with van der Waals surface area (Å²) in [6.45, 7) is 0.878. The summed E-state index contributed by atoms with van der Waals surface area (Å²) in [6.07, 6.45) is 7.63. The minimum atomic E-state index is -0.513. The predicted octanol–water partition coefficient (Wildman–Crippen LogP) is 4.20. The van der Waals surface area contributed by atoms with Gasteiger partial charge in [-0.3, -0.25) is 19.3 Å². The molecule has 32 heavy (non-hydrogen) atoms. The minimum Gasteiger partial charge on any atom is -0.356 e. The number of hydrogen-bond donors (Lipinski definition) is 1. The normalized spacial score (nSPS) is 19.2. The van der Waals surface area contributed by atoms with Crippen LogP contribution in [0.25, 0.3) is 0 Å². The van der Waals surface area contributed by atoms with Gasteiger partial charge < -0.3 is 10.2 Å². The van der Waals surface area contributed by atoms with E-state index in [0.29, 0.717) is 23.4 Å². The van der Waals surface area contributed by atoms with Crippen LogP contribution in [0.3, 0.4) is 0 Å². The molecule has 0 bridgehead atoms. The van der Waals surface area contributed by atoms with E-state index in [2.05, 4.69) is 11.4 Å². The Bertz CT molecular complexity index is 1110. The highest BCUT2D eigenvalue weighted by Crippen LogP contribution is 2.45. The first-order chi connectivity index (χ1) is 15.6. The van der Waals surface area contributed by atoms with E-state index in [-0.39, 0.29) is 30.7 Å². The maximum atomic E-state index is 13.4. The molecule has 6 nitrogen and oxygen atoms in total. The number of fused-ring (bicyclic) bond motifs is 5. The molecule has 1 aliphatic carbocycles. The Kier molecular flexibility index (Phi) is 5.52. The molecule has 3 amide bonds. The Hall–Kier alpha value is -3.41. The van der Waals surface area contributed by atoms with Crippen molar-refractivity contribution in [3.8, 4) is 0 Å². The number of rotatable bonds is 6. The molecule has 1 atom stereocenters.